The van der Waals surface area contributed by atoms with Gasteiger partial charge in [-0.3, -0.25) is 4.99 Å². The second kappa shape index (κ2) is 8.06. The van der Waals surface area contributed by atoms with Gasteiger partial charge in [0.1, 0.15) is 0 Å². The summed E-state index contributed by atoms with van der Waals surface area (Å²) in [6.07, 6.45) is 10.8. The molecule has 0 unspecified atom stereocenters. The lowest BCUT2D eigenvalue weighted by Gasteiger charge is -2.24. The van der Waals surface area contributed by atoms with E-state index in [-0.39, 0.29) is 10.8 Å². The third-order valence-corrected chi connectivity index (χ3v) is 8.04. The molecule has 0 atom stereocenters. The summed E-state index contributed by atoms with van der Waals surface area (Å²) in [5.41, 5.74) is 7.31. The molecule has 4 aromatic rings. The van der Waals surface area contributed by atoms with Crippen molar-refractivity contribution in [1.82, 2.24) is 0 Å². The molecule has 36 heavy (non-hydrogen) atoms. The first-order valence-electron chi connectivity index (χ1n) is 12.7. The van der Waals surface area contributed by atoms with Crippen molar-refractivity contribution in [2.24, 2.45) is 4.99 Å². The van der Waals surface area contributed by atoms with E-state index < -0.39 is 0 Å². The number of anilines is 1. The van der Waals surface area contributed by atoms with Crippen molar-refractivity contribution >= 4 is 38.6 Å². The zero-order valence-corrected chi connectivity index (χ0v) is 21.7. The first-order chi connectivity index (χ1) is 17.3. The minimum atomic E-state index is -0.130. The Bertz CT molecular complexity index is 1640. The molecule has 0 fully saturated rings. The van der Waals surface area contributed by atoms with Gasteiger partial charge in [-0.2, -0.15) is 0 Å². The highest BCUT2D eigenvalue weighted by Gasteiger charge is 2.39. The number of rotatable bonds is 3. The van der Waals surface area contributed by atoms with Crippen molar-refractivity contribution in [3.8, 4) is 0 Å². The summed E-state index contributed by atoms with van der Waals surface area (Å²) in [7, 11) is 2.18. The number of benzene rings is 4. The molecule has 0 amide bonds. The normalized spacial score (nSPS) is 19.1. The second-order valence-corrected chi connectivity index (χ2v) is 11.0. The van der Waals surface area contributed by atoms with E-state index in [0.29, 0.717) is 0 Å². The third-order valence-electron chi connectivity index (χ3n) is 8.04. The average Bonchev–Trinajstić information content (AvgIpc) is 3.25. The van der Waals surface area contributed by atoms with Gasteiger partial charge in [0, 0.05) is 29.3 Å². The molecule has 178 valence electrons. The largest absolute Gasteiger partial charge is 0.347 e. The Labute approximate surface area is 214 Å². The van der Waals surface area contributed by atoms with Gasteiger partial charge in [0.05, 0.1) is 11.4 Å². The van der Waals surface area contributed by atoms with Crippen molar-refractivity contribution in [3.63, 3.8) is 0 Å². The average molecular weight is 469 g/mol. The van der Waals surface area contributed by atoms with E-state index in [2.05, 4.69) is 143 Å². The molecule has 2 aliphatic heterocycles. The highest BCUT2D eigenvalue weighted by molar-refractivity contribution is 6.12. The summed E-state index contributed by atoms with van der Waals surface area (Å²) in [4.78, 5) is 7.33. The Morgan fingerprint density at radius 1 is 0.667 bits per heavy atom. The fourth-order valence-electron chi connectivity index (χ4n) is 6.20. The molecular weight excluding hydrogens is 436 g/mol. The van der Waals surface area contributed by atoms with Gasteiger partial charge in [0.25, 0.3) is 0 Å². The molecular formula is C34H32N2. The van der Waals surface area contributed by atoms with Gasteiger partial charge in [0.15, 0.2) is 0 Å². The smallest absolute Gasteiger partial charge is 0.0681 e. The molecule has 2 heteroatoms. The monoisotopic (exact) mass is 468 g/mol. The zero-order valence-electron chi connectivity index (χ0n) is 21.7. The van der Waals surface area contributed by atoms with E-state index in [4.69, 9.17) is 4.99 Å². The number of nitrogens with zero attached hydrogens (tertiary/aromatic N) is 2. The van der Waals surface area contributed by atoms with Gasteiger partial charge in [-0.1, -0.05) is 107 Å². The van der Waals surface area contributed by atoms with Crippen LogP contribution in [0.15, 0.2) is 114 Å². The van der Waals surface area contributed by atoms with E-state index in [9.17, 15) is 0 Å². The van der Waals surface area contributed by atoms with E-state index in [0.717, 1.165) is 11.4 Å². The predicted octanol–water partition coefficient (Wildman–Crippen LogP) is 8.78. The van der Waals surface area contributed by atoms with Crippen molar-refractivity contribution in [2.75, 3.05) is 11.9 Å². The van der Waals surface area contributed by atoms with E-state index >= 15 is 0 Å². The number of likely N-dealkylation sites (N-methyl/N-ethyl adjacent to an activating group) is 1. The van der Waals surface area contributed by atoms with E-state index in [1.165, 1.54) is 44.1 Å². The molecule has 0 radical (unpaired) electrons. The summed E-state index contributed by atoms with van der Waals surface area (Å²) >= 11 is 0. The highest BCUT2D eigenvalue weighted by atomic mass is 15.2. The summed E-state index contributed by atoms with van der Waals surface area (Å²) < 4.78 is 0. The van der Waals surface area contributed by atoms with Crippen molar-refractivity contribution in [1.29, 1.82) is 0 Å². The Kier molecular flexibility index (Phi) is 5.05. The molecule has 2 heterocycles. The highest BCUT2D eigenvalue weighted by Crippen LogP contribution is 2.50. The Morgan fingerprint density at radius 2 is 1.31 bits per heavy atom. The number of fused-ring (bicyclic) bond motifs is 6. The molecule has 6 rings (SSSR count). The Balaban J connectivity index is 1.27. The predicted molar refractivity (Wildman–Crippen MR) is 156 cm³/mol. The molecule has 0 aromatic heterocycles. The topological polar surface area (TPSA) is 15.6 Å². The summed E-state index contributed by atoms with van der Waals surface area (Å²) in [5, 5.41) is 5.21. The molecule has 4 aromatic carbocycles. The molecule has 0 aliphatic carbocycles. The van der Waals surface area contributed by atoms with Gasteiger partial charge >= 0.3 is 0 Å². The maximum Gasteiger partial charge on any atom is 0.0681 e. The van der Waals surface area contributed by atoms with Crippen LogP contribution in [0.2, 0.25) is 0 Å². The molecule has 0 spiro atoms. The first-order valence-corrected chi connectivity index (χ1v) is 12.7. The van der Waals surface area contributed by atoms with Crippen LogP contribution in [0.1, 0.15) is 38.8 Å². The molecule has 0 bridgehead atoms. The quantitative estimate of drug-likeness (QED) is 0.274. The second-order valence-electron chi connectivity index (χ2n) is 11.0. The van der Waals surface area contributed by atoms with E-state index in [1.54, 1.807) is 0 Å². The van der Waals surface area contributed by atoms with Crippen LogP contribution in [0.3, 0.4) is 0 Å². The first kappa shape index (κ1) is 22.5. The lowest BCUT2D eigenvalue weighted by atomic mass is 9.79. The fraction of sp³-hybridized carbons (Fsp3) is 0.206. The minimum absolute atomic E-state index is 0.0702. The van der Waals surface area contributed by atoms with E-state index in [1.807, 2.05) is 0 Å². The van der Waals surface area contributed by atoms with Crippen LogP contribution in [0, 0.1) is 0 Å². The van der Waals surface area contributed by atoms with Crippen LogP contribution in [-0.4, -0.2) is 12.8 Å². The van der Waals surface area contributed by atoms with Gasteiger partial charge in [-0.25, -0.2) is 0 Å². The standard InChI is InChI=1S/C34H32N2/c1-33(2)29(35-27-21-19-23-13-9-11-15-25(23)31(27)33)17-7-6-8-18-30-34(3,4)32-26-16-12-10-14-24(26)20-22-28(32)36(30)5/h6-22H,1-5H3/b8-6+,17-7+,30-18+. The summed E-state index contributed by atoms with van der Waals surface area (Å²) in [5.74, 6) is 0. The van der Waals surface area contributed by atoms with Crippen LogP contribution in [0.5, 0.6) is 0 Å². The summed E-state index contributed by atoms with van der Waals surface area (Å²) in [6.45, 7) is 9.21. The van der Waals surface area contributed by atoms with Crippen LogP contribution < -0.4 is 4.90 Å². The Morgan fingerprint density at radius 3 is 2.03 bits per heavy atom. The molecule has 0 saturated carbocycles. The maximum atomic E-state index is 4.99. The van der Waals surface area contributed by atoms with Crippen LogP contribution in [-0.2, 0) is 10.8 Å². The van der Waals surface area contributed by atoms with Gasteiger partial charge in [-0.05, 0) is 57.0 Å². The van der Waals surface area contributed by atoms with Gasteiger partial charge < -0.3 is 4.90 Å². The molecule has 0 saturated heterocycles. The summed E-state index contributed by atoms with van der Waals surface area (Å²) in [6, 6.07) is 26.1. The fourth-order valence-corrected chi connectivity index (χ4v) is 6.20. The number of hydrogen-bond donors (Lipinski definition) is 0. The van der Waals surface area contributed by atoms with Crippen LogP contribution in [0.25, 0.3) is 21.5 Å². The van der Waals surface area contributed by atoms with Crippen LogP contribution in [0.4, 0.5) is 11.4 Å². The number of allylic oxidation sites excluding steroid dienone is 6. The lowest BCUT2D eigenvalue weighted by Crippen LogP contribution is -2.24. The third kappa shape index (κ3) is 3.28. The number of aliphatic imine (C=N–C) groups is 1. The molecule has 2 nitrogen and oxygen atoms in total. The molecule has 0 N–H and O–H groups in total. The number of hydrogen-bond acceptors (Lipinski definition) is 2. The van der Waals surface area contributed by atoms with Gasteiger partial charge in [0.2, 0.25) is 0 Å². The zero-order chi connectivity index (χ0) is 25.1. The maximum absolute atomic E-state index is 4.99. The van der Waals surface area contributed by atoms with Crippen LogP contribution >= 0.6 is 0 Å². The van der Waals surface area contributed by atoms with Crippen molar-refractivity contribution < 1.29 is 0 Å². The Hall–Kier alpha value is -3.91. The van der Waals surface area contributed by atoms with Crippen molar-refractivity contribution in [2.45, 2.75) is 38.5 Å². The van der Waals surface area contributed by atoms with Gasteiger partial charge in [-0.15, -0.1) is 0 Å². The SMILES string of the molecule is CN1/C(=C/C=C/C=C/C2=Nc3ccc4ccccc4c3C2(C)C)C(C)(C)c2c1ccc1ccccc21. The van der Waals surface area contributed by atoms with Crippen molar-refractivity contribution in [3.05, 3.63) is 120 Å². The minimum Gasteiger partial charge on any atom is -0.347 e. The lowest BCUT2D eigenvalue weighted by molar-refractivity contribution is 0.645. The molecule has 2 aliphatic rings.